The fourth-order valence-corrected chi connectivity index (χ4v) is 1.94. The van der Waals surface area contributed by atoms with Crippen molar-refractivity contribution in [2.24, 2.45) is 0 Å². The van der Waals surface area contributed by atoms with E-state index in [0.717, 1.165) is 0 Å². The highest BCUT2D eigenvalue weighted by atomic mass is 16.3. The molecule has 2 aromatic heterocycles. The van der Waals surface area contributed by atoms with Crippen LogP contribution in [-0.4, -0.2) is 26.4 Å². The number of carbonyl (C=O) groups is 1. The van der Waals surface area contributed by atoms with Gasteiger partial charge in [0, 0.05) is 12.0 Å². The molecule has 0 amide bonds. The molecule has 0 fully saturated rings. The number of hydrogen-bond acceptors (Lipinski definition) is 6. The van der Waals surface area contributed by atoms with Crippen molar-refractivity contribution < 1.29 is 9.21 Å². The van der Waals surface area contributed by atoms with Crippen LogP contribution in [0.1, 0.15) is 23.7 Å². The van der Waals surface area contributed by atoms with Crippen LogP contribution < -0.4 is 5.43 Å². The zero-order chi connectivity index (χ0) is 14.1. The Hall–Kier alpha value is -2.83. The van der Waals surface area contributed by atoms with Gasteiger partial charge in [-0.25, -0.2) is 0 Å². The van der Waals surface area contributed by atoms with E-state index in [1.165, 1.54) is 12.3 Å². The lowest BCUT2D eigenvalue weighted by Crippen LogP contribution is -2.07. The molecule has 2 heterocycles. The van der Waals surface area contributed by atoms with Gasteiger partial charge in [-0.05, 0) is 23.4 Å². The highest BCUT2D eigenvalue weighted by Gasteiger charge is 2.14. The Balaban J connectivity index is 2.25. The number of aromatic nitrogens is 4. The van der Waals surface area contributed by atoms with E-state index < -0.39 is 0 Å². The summed E-state index contributed by atoms with van der Waals surface area (Å²) in [4.78, 5) is 24.1. The van der Waals surface area contributed by atoms with Crippen LogP contribution in [0.5, 0.6) is 0 Å². The van der Waals surface area contributed by atoms with Gasteiger partial charge in [0.15, 0.2) is 5.78 Å². The first kappa shape index (κ1) is 12.2. The molecule has 0 aliphatic carbocycles. The van der Waals surface area contributed by atoms with Crippen molar-refractivity contribution >= 4 is 16.8 Å². The van der Waals surface area contributed by atoms with Crippen molar-refractivity contribution in [3.63, 3.8) is 0 Å². The third kappa shape index (κ3) is 1.89. The van der Waals surface area contributed by atoms with Gasteiger partial charge in [0.2, 0.25) is 11.3 Å². The summed E-state index contributed by atoms with van der Waals surface area (Å²) < 4.78 is 5.38. The summed E-state index contributed by atoms with van der Waals surface area (Å²) in [6, 6.07) is 4.79. The molecule has 0 aliphatic heterocycles. The lowest BCUT2D eigenvalue weighted by Gasteiger charge is -2.02. The molecular weight excluding hydrogens is 260 g/mol. The molecule has 0 aliphatic rings. The number of aromatic amines is 1. The maximum absolute atomic E-state index is 12.4. The van der Waals surface area contributed by atoms with Crippen LogP contribution in [-0.2, 0) is 0 Å². The molecule has 0 radical (unpaired) electrons. The standard InChI is InChI=1S/C13H10N4O3/c1-2-10(18)7-3-4-11-8(5-7)12(19)9(6-20-11)13-14-16-17-15-13/h3-6H,2H2,1H3,(H,14,15,16,17). The van der Waals surface area contributed by atoms with Crippen LogP contribution in [0.25, 0.3) is 22.4 Å². The van der Waals surface area contributed by atoms with Gasteiger partial charge in [0.25, 0.3) is 0 Å². The predicted octanol–water partition coefficient (Wildman–Crippen LogP) is 1.57. The number of benzene rings is 1. The van der Waals surface area contributed by atoms with Crippen molar-refractivity contribution in [1.29, 1.82) is 0 Å². The van der Waals surface area contributed by atoms with Gasteiger partial charge < -0.3 is 4.42 Å². The lowest BCUT2D eigenvalue weighted by molar-refractivity contribution is 0.0988. The number of H-pyrrole nitrogens is 1. The third-order valence-electron chi connectivity index (χ3n) is 3.00. The molecular formula is C13H10N4O3. The average Bonchev–Trinajstić information content (AvgIpc) is 3.00. The van der Waals surface area contributed by atoms with Gasteiger partial charge in [-0.15, -0.1) is 10.2 Å². The van der Waals surface area contributed by atoms with Crippen molar-refractivity contribution in [3.8, 4) is 11.4 Å². The number of nitrogens with one attached hydrogen (secondary N) is 1. The predicted molar refractivity (Wildman–Crippen MR) is 70.3 cm³/mol. The molecule has 0 atom stereocenters. The SMILES string of the molecule is CCC(=O)c1ccc2occ(-c3nn[nH]n3)c(=O)c2c1. The van der Waals surface area contributed by atoms with E-state index in [-0.39, 0.29) is 22.6 Å². The zero-order valence-electron chi connectivity index (χ0n) is 10.6. The van der Waals surface area contributed by atoms with Crippen LogP contribution in [0.15, 0.2) is 33.7 Å². The number of nitrogens with zero attached hydrogens (tertiary/aromatic N) is 3. The van der Waals surface area contributed by atoms with Gasteiger partial charge in [0.05, 0.1) is 5.39 Å². The molecule has 1 aromatic carbocycles. The van der Waals surface area contributed by atoms with Gasteiger partial charge >= 0.3 is 0 Å². The normalized spacial score (nSPS) is 10.8. The zero-order valence-corrected chi connectivity index (χ0v) is 10.6. The summed E-state index contributed by atoms with van der Waals surface area (Å²) in [6.45, 7) is 1.77. The topological polar surface area (TPSA) is 102 Å². The van der Waals surface area contributed by atoms with E-state index in [9.17, 15) is 9.59 Å². The minimum Gasteiger partial charge on any atom is -0.463 e. The second-order valence-electron chi connectivity index (χ2n) is 4.20. The summed E-state index contributed by atoms with van der Waals surface area (Å²) in [5, 5.41) is 13.5. The molecule has 0 bridgehead atoms. The Labute approximate surface area is 112 Å². The number of hydrogen-bond donors (Lipinski definition) is 1. The van der Waals surface area contributed by atoms with Crippen LogP contribution in [0.2, 0.25) is 0 Å². The number of tetrazole rings is 1. The molecule has 0 spiro atoms. The summed E-state index contributed by atoms with van der Waals surface area (Å²) in [7, 11) is 0. The first-order valence-electron chi connectivity index (χ1n) is 6.03. The first-order valence-corrected chi connectivity index (χ1v) is 6.03. The fourth-order valence-electron chi connectivity index (χ4n) is 1.94. The van der Waals surface area contributed by atoms with Crippen LogP contribution in [0.3, 0.4) is 0 Å². The van der Waals surface area contributed by atoms with Crippen molar-refractivity contribution in [3.05, 3.63) is 40.2 Å². The van der Waals surface area contributed by atoms with E-state index in [2.05, 4.69) is 20.6 Å². The molecule has 100 valence electrons. The van der Waals surface area contributed by atoms with Gasteiger partial charge in [-0.3, -0.25) is 9.59 Å². The molecule has 3 aromatic rings. The summed E-state index contributed by atoms with van der Waals surface area (Å²) in [5.41, 5.74) is 0.804. The minimum atomic E-state index is -0.293. The molecule has 1 N–H and O–H groups in total. The Morgan fingerprint density at radius 3 is 2.95 bits per heavy atom. The first-order chi connectivity index (χ1) is 9.70. The maximum Gasteiger partial charge on any atom is 0.211 e. The monoisotopic (exact) mass is 270 g/mol. The minimum absolute atomic E-state index is 0.0312. The van der Waals surface area contributed by atoms with E-state index in [1.807, 2.05) is 0 Å². The van der Waals surface area contributed by atoms with Gasteiger partial charge in [-0.2, -0.15) is 5.21 Å². The van der Waals surface area contributed by atoms with Gasteiger partial charge in [0.1, 0.15) is 17.4 Å². The van der Waals surface area contributed by atoms with Crippen LogP contribution in [0.4, 0.5) is 0 Å². The molecule has 7 nitrogen and oxygen atoms in total. The smallest absolute Gasteiger partial charge is 0.211 e. The molecule has 0 saturated carbocycles. The lowest BCUT2D eigenvalue weighted by atomic mass is 10.1. The molecule has 7 heteroatoms. The van der Waals surface area contributed by atoms with E-state index >= 15 is 0 Å². The number of Topliss-reactive ketones (excluding diaryl/α,β-unsaturated/α-hetero) is 1. The van der Waals surface area contributed by atoms with E-state index in [4.69, 9.17) is 4.42 Å². The number of fused-ring (bicyclic) bond motifs is 1. The Morgan fingerprint density at radius 2 is 2.25 bits per heavy atom. The molecule has 0 saturated heterocycles. The second kappa shape index (κ2) is 4.69. The Bertz CT molecular complexity index is 836. The largest absolute Gasteiger partial charge is 0.463 e. The highest BCUT2D eigenvalue weighted by molar-refractivity contribution is 5.99. The number of carbonyl (C=O) groups excluding carboxylic acids is 1. The van der Waals surface area contributed by atoms with E-state index in [0.29, 0.717) is 23.0 Å². The van der Waals surface area contributed by atoms with Crippen LogP contribution in [0, 0.1) is 0 Å². The third-order valence-corrected chi connectivity index (χ3v) is 3.00. The summed E-state index contributed by atoms with van der Waals surface area (Å²) in [5.74, 6) is 0.129. The van der Waals surface area contributed by atoms with Crippen LogP contribution >= 0.6 is 0 Å². The van der Waals surface area contributed by atoms with E-state index in [1.54, 1.807) is 19.1 Å². The fraction of sp³-hybridized carbons (Fsp3) is 0.154. The molecule has 3 rings (SSSR count). The van der Waals surface area contributed by atoms with Crippen molar-refractivity contribution in [2.75, 3.05) is 0 Å². The Morgan fingerprint density at radius 1 is 1.40 bits per heavy atom. The maximum atomic E-state index is 12.4. The van der Waals surface area contributed by atoms with Gasteiger partial charge in [-0.1, -0.05) is 6.92 Å². The summed E-state index contributed by atoms with van der Waals surface area (Å²) >= 11 is 0. The highest BCUT2D eigenvalue weighted by Crippen LogP contribution is 2.18. The second-order valence-corrected chi connectivity index (χ2v) is 4.20. The Kier molecular flexibility index (Phi) is 2.86. The van der Waals surface area contributed by atoms with Crippen molar-refractivity contribution in [1.82, 2.24) is 20.6 Å². The quantitative estimate of drug-likeness (QED) is 0.725. The number of ketones is 1. The van der Waals surface area contributed by atoms with Crippen molar-refractivity contribution in [2.45, 2.75) is 13.3 Å². The molecule has 20 heavy (non-hydrogen) atoms. The summed E-state index contributed by atoms with van der Waals surface area (Å²) in [6.07, 6.45) is 1.66. The number of rotatable bonds is 3. The average molecular weight is 270 g/mol. The molecule has 0 unspecified atom stereocenters.